The average Bonchev–Trinajstić information content (AvgIpc) is 3.18. The summed E-state index contributed by atoms with van der Waals surface area (Å²) in [7, 11) is 0. The number of guanidine groups is 1. The van der Waals surface area contributed by atoms with Crippen LogP contribution < -0.4 is 10.6 Å². The van der Waals surface area contributed by atoms with Gasteiger partial charge in [0.05, 0.1) is 6.26 Å². The number of nitrogens with one attached hydrogen (secondary N) is 2. The fraction of sp³-hybridized carbons (Fsp3) is 0.450. The van der Waals surface area contributed by atoms with Crippen LogP contribution in [0.4, 0.5) is 0 Å². The van der Waals surface area contributed by atoms with Crippen LogP contribution in [0, 0.1) is 0 Å². The highest BCUT2D eigenvalue weighted by atomic mass is 127. The van der Waals surface area contributed by atoms with Crippen molar-refractivity contribution in [1.29, 1.82) is 0 Å². The van der Waals surface area contributed by atoms with Crippen LogP contribution in [0.2, 0.25) is 5.02 Å². The maximum absolute atomic E-state index is 6.25. The number of nitrogens with zero attached hydrogens (tertiary/aromatic N) is 1. The van der Waals surface area contributed by atoms with Crippen LogP contribution in [-0.2, 0) is 16.7 Å². The third kappa shape index (κ3) is 6.12. The second kappa shape index (κ2) is 10.9. The van der Waals surface area contributed by atoms with Crippen LogP contribution in [0.5, 0.6) is 0 Å². The van der Waals surface area contributed by atoms with E-state index in [2.05, 4.69) is 34.7 Å². The van der Waals surface area contributed by atoms with Crippen molar-refractivity contribution in [2.45, 2.75) is 31.7 Å². The lowest BCUT2D eigenvalue weighted by Crippen LogP contribution is -2.48. The normalized spacial score (nSPS) is 16.4. The van der Waals surface area contributed by atoms with Crippen LogP contribution in [0.3, 0.4) is 0 Å². The van der Waals surface area contributed by atoms with Gasteiger partial charge < -0.3 is 19.8 Å². The van der Waals surface area contributed by atoms with Crippen molar-refractivity contribution in [1.82, 2.24) is 10.6 Å². The van der Waals surface area contributed by atoms with Gasteiger partial charge in [0.1, 0.15) is 12.3 Å². The molecule has 0 atom stereocenters. The van der Waals surface area contributed by atoms with Crippen molar-refractivity contribution in [2.75, 3.05) is 26.3 Å². The third-order valence-corrected chi connectivity index (χ3v) is 5.03. The lowest BCUT2D eigenvalue weighted by atomic mass is 9.74. The number of benzene rings is 1. The molecule has 7 heteroatoms. The highest BCUT2D eigenvalue weighted by Gasteiger charge is 2.34. The highest BCUT2D eigenvalue weighted by Crippen LogP contribution is 2.35. The molecular formula is C20H27ClIN3O2. The van der Waals surface area contributed by atoms with Gasteiger partial charge in [0.25, 0.3) is 0 Å². The number of aliphatic imine (C=N–C) groups is 1. The molecule has 1 aliphatic heterocycles. The summed E-state index contributed by atoms with van der Waals surface area (Å²) in [5.41, 5.74) is 1.24. The van der Waals surface area contributed by atoms with Gasteiger partial charge in [-0.1, -0.05) is 23.7 Å². The molecule has 0 saturated carbocycles. The second-order valence-electron chi connectivity index (χ2n) is 6.53. The number of furan rings is 1. The summed E-state index contributed by atoms with van der Waals surface area (Å²) in [5.74, 6) is 1.63. The summed E-state index contributed by atoms with van der Waals surface area (Å²) in [6.07, 6.45) is 3.58. The minimum Gasteiger partial charge on any atom is -0.467 e. The SMILES string of the molecule is CCNC(=NCc1ccco1)NCC1(c2cccc(Cl)c2)CCOCC1.I. The lowest BCUT2D eigenvalue weighted by molar-refractivity contribution is 0.0514. The smallest absolute Gasteiger partial charge is 0.191 e. The molecule has 2 N–H and O–H groups in total. The Hall–Kier alpha value is -1.25. The Labute approximate surface area is 182 Å². The van der Waals surface area contributed by atoms with Gasteiger partial charge in [0.2, 0.25) is 0 Å². The fourth-order valence-electron chi connectivity index (χ4n) is 3.30. The Morgan fingerprint density at radius 2 is 2.00 bits per heavy atom. The maximum atomic E-state index is 6.25. The summed E-state index contributed by atoms with van der Waals surface area (Å²) in [4.78, 5) is 4.63. The molecular weight excluding hydrogens is 477 g/mol. The standard InChI is InChI=1S/C20H26ClN3O2.HI/c1-2-22-19(23-14-18-7-4-10-26-18)24-15-20(8-11-25-12-9-20)16-5-3-6-17(21)13-16;/h3-7,10,13H,2,8-9,11-12,14-15H2,1H3,(H2,22,23,24);1H. The molecule has 3 rings (SSSR count). The minimum atomic E-state index is -0.00990. The van der Waals surface area contributed by atoms with Crippen molar-refractivity contribution in [2.24, 2.45) is 4.99 Å². The van der Waals surface area contributed by atoms with E-state index < -0.39 is 0 Å². The van der Waals surface area contributed by atoms with Gasteiger partial charge in [0, 0.05) is 36.7 Å². The van der Waals surface area contributed by atoms with Gasteiger partial charge in [0.15, 0.2) is 5.96 Å². The zero-order valence-corrected chi connectivity index (χ0v) is 18.6. The summed E-state index contributed by atoms with van der Waals surface area (Å²) in [6.45, 7) is 5.67. The quantitative estimate of drug-likeness (QED) is 0.349. The molecule has 1 aliphatic rings. The number of hydrogen-bond acceptors (Lipinski definition) is 3. The Morgan fingerprint density at radius 3 is 2.67 bits per heavy atom. The molecule has 0 amide bonds. The zero-order chi connectivity index (χ0) is 18.2. The fourth-order valence-corrected chi connectivity index (χ4v) is 3.49. The molecule has 148 valence electrons. The molecule has 5 nitrogen and oxygen atoms in total. The zero-order valence-electron chi connectivity index (χ0n) is 15.5. The summed E-state index contributed by atoms with van der Waals surface area (Å²) in [5, 5.41) is 7.58. The molecule has 27 heavy (non-hydrogen) atoms. The van der Waals surface area contributed by atoms with Crippen LogP contribution in [0.15, 0.2) is 52.1 Å². The van der Waals surface area contributed by atoms with Crippen LogP contribution in [-0.4, -0.2) is 32.3 Å². The first-order valence-electron chi connectivity index (χ1n) is 9.10. The molecule has 0 bridgehead atoms. The minimum absolute atomic E-state index is 0. The molecule has 0 spiro atoms. The van der Waals surface area contributed by atoms with E-state index in [0.717, 1.165) is 55.9 Å². The van der Waals surface area contributed by atoms with Crippen molar-refractivity contribution >= 4 is 41.5 Å². The first-order valence-corrected chi connectivity index (χ1v) is 9.48. The monoisotopic (exact) mass is 503 g/mol. The topological polar surface area (TPSA) is 58.8 Å². The van der Waals surface area contributed by atoms with E-state index in [4.69, 9.17) is 20.8 Å². The Morgan fingerprint density at radius 1 is 1.19 bits per heavy atom. The van der Waals surface area contributed by atoms with E-state index in [-0.39, 0.29) is 29.4 Å². The predicted molar refractivity (Wildman–Crippen MR) is 120 cm³/mol. The van der Waals surface area contributed by atoms with Gasteiger partial charge in [-0.3, -0.25) is 0 Å². The Balaban J connectivity index is 0.00000261. The molecule has 2 heterocycles. The number of hydrogen-bond donors (Lipinski definition) is 2. The van der Waals surface area contributed by atoms with Crippen molar-refractivity contribution in [3.63, 3.8) is 0 Å². The van der Waals surface area contributed by atoms with E-state index in [9.17, 15) is 0 Å². The van der Waals surface area contributed by atoms with E-state index in [1.165, 1.54) is 5.56 Å². The predicted octanol–water partition coefficient (Wildman–Crippen LogP) is 4.35. The molecule has 1 aromatic heterocycles. The Kier molecular flexibility index (Phi) is 8.92. The van der Waals surface area contributed by atoms with E-state index >= 15 is 0 Å². The van der Waals surface area contributed by atoms with Gasteiger partial charge in [-0.15, -0.1) is 24.0 Å². The lowest BCUT2D eigenvalue weighted by Gasteiger charge is -2.38. The van der Waals surface area contributed by atoms with Crippen molar-refractivity contribution < 1.29 is 9.15 Å². The van der Waals surface area contributed by atoms with Gasteiger partial charge in [-0.25, -0.2) is 4.99 Å². The number of rotatable bonds is 6. The largest absolute Gasteiger partial charge is 0.467 e. The first-order chi connectivity index (χ1) is 12.7. The number of ether oxygens (including phenoxy) is 1. The summed E-state index contributed by atoms with van der Waals surface area (Å²) in [6, 6.07) is 12.0. The average molecular weight is 504 g/mol. The highest BCUT2D eigenvalue weighted by molar-refractivity contribution is 14.0. The van der Waals surface area contributed by atoms with E-state index in [0.29, 0.717) is 6.54 Å². The van der Waals surface area contributed by atoms with Gasteiger partial charge >= 0.3 is 0 Å². The van der Waals surface area contributed by atoms with Gasteiger partial charge in [-0.2, -0.15) is 0 Å². The molecule has 1 saturated heterocycles. The summed E-state index contributed by atoms with van der Waals surface area (Å²) < 4.78 is 11.0. The van der Waals surface area contributed by atoms with Crippen molar-refractivity contribution in [3.8, 4) is 0 Å². The first kappa shape index (κ1) is 22.0. The van der Waals surface area contributed by atoms with Gasteiger partial charge in [-0.05, 0) is 49.6 Å². The van der Waals surface area contributed by atoms with E-state index in [1.807, 2.05) is 24.3 Å². The van der Waals surface area contributed by atoms with Crippen LogP contribution >= 0.6 is 35.6 Å². The third-order valence-electron chi connectivity index (χ3n) is 4.80. The Bertz CT molecular complexity index is 716. The molecule has 1 fully saturated rings. The van der Waals surface area contributed by atoms with Crippen molar-refractivity contribution in [3.05, 3.63) is 59.0 Å². The molecule has 0 radical (unpaired) electrons. The molecule has 2 aromatic rings. The summed E-state index contributed by atoms with van der Waals surface area (Å²) >= 11 is 6.25. The molecule has 0 aliphatic carbocycles. The second-order valence-corrected chi connectivity index (χ2v) is 6.97. The van der Waals surface area contributed by atoms with Crippen LogP contribution in [0.1, 0.15) is 31.1 Å². The van der Waals surface area contributed by atoms with E-state index in [1.54, 1.807) is 6.26 Å². The molecule has 1 aromatic carbocycles. The van der Waals surface area contributed by atoms with Crippen LogP contribution in [0.25, 0.3) is 0 Å². The maximum Gasteiger partial charge on any atom is 0.191 e. The number of halogens is 2. The molecule has 0 unspecified atom stereocenters.